The Morgan fingerprint density at radius 3 is 3.06 bits per heavy atom. The first-order chi connectivity index (χ1) is 7.74. The predicted molar refractivity (Wildman–Crippen MR) is 62.7 cm³/mol. The minimum absolute atomic E-state index is 0.188. The number of rotatable bonds is 7. The fourth-order valence-corrected chi connectivity index (χ4v) is 1.53. The van der Waals surface area contributed by atoms with Crippen molar-refractivity contribution in [1.82, 2.24) is 4.98 Å². The number of hydrogen-bond acceptors (Lipinski definition) is 5. The first-order valence-corrected chi connectivity index (χ1v) is 6.01. The number of ether oxygens (including phenoxy) is 2. The van der Waals surface area contributed by atoms with Crippen LogP contribution in [0.3, 0.4) is 0 Å². The highest BCUT2D eigenvalue weighted by Gasteiger charge is 2.13. The molecular formula is C10H16N2O3S. The van der Waals surface area contributed by atoms with Crippen molar-refractivity contribution >= 4 is 22.4 Å². The number of carbonyl (C=O) groups excluding carboxylic acids is 1. The van der Waals surface area contributed by atoms with Crippen LogP contribution in [-0.2, 0) is 14.3 Å². The normalized spacial score (nSPS) is 12.4. The van der Waals surface area contributed by atoms with E-state index in [-0.39, 0.29) is 5.91 Å². The quantitative estimate of drug-likeness (QED) is 0.739. The Hall–Kier alpha value is -0.980. The van der Waals surface area contributed by atoms with Crippen molar-refractivity contribution < 1.29 is 14.3 Å². The summed E-state index contributed by atoms with van der Waals surface area (Å²) in [5.41, 5.74) is 0. The van der Waals surface area contributed by atoms with E-state index < -0.39 is 6.10 Å². The van der Waals surface area contributed by atoms with Gasteiger partial charge >= 0.3 is 0 Å². The smallest absolute Gasteiger partial charge is 0.254 e. The van der Waals surface area contributed by atoms with E-state index in [1.807, 2.05) is 6.92 Å². The van der Waals surface area contributed by atoms with Crippen molar-refractivity contribution in [2.75, 3.05) is 25.1 Å². The predicted octanol–water partition coefficient (Wildman–Crippen LogP) is 1.52. The number of anilines is 1. The van der Waals surface area contributed by atoms with Gasteiger partial charge in [-0.15, -0.1) is 11.3 Å². The monoisotopic (exact) mass is 244 g/mol. The molecule has 5 nitrogen and oxygen atoms in total. The summed E-state index contributed by atoms with van der Waals surface area (Å²) in [6.45, 7) is 5.20. The zero-order chi connectivity index (χ0) is 11.8. The van der Waals surface area contributed by atoms with E-state index >= 15 is 0 Å². The first kappa shape index (κ1) is 13.1. The standard InChI is InChI=1S/C10H16N2O3S/c1-3-14-5-6-15-8(2)9(13)12-10-11-4-7-16-10/h4,7-8H,3,5-6H2,1-2H3,(H,11,12,13). The van der Waals surface area contributed by atoms with Gasteiger partial charge in [0.15, 0.2) is 5.13 Å². The van der Waals surface area contributed by atoms with Gasteiger partial charge in [-0.2, -0.15) is 0 Å². The van der Waals surface area contributed by atoms with Crippen molar-refractivity contribution in [3.63, 3.8) is 0 Å². The highest BCUT2D eigenvalue weighted by molar-refractivity contribution is 7.13. The molecule has 0 bridgehead atoms. The molecule has 0 saturated heterocycles. The summed E-state index contributed by atoms with van der Waals surface area (Å²) >= 11 is 1.38. The lowest BCUT2D eigenvalue weighted by atomic mass is 10.4. The topological polar surface area (TPSA) is 60.5 Å². The van der Waals surface area contributed by atoms with Gasteiger partial charge < -0.3 is 9.47 Å². The lowest BCUT2D eigenvalue weighted by Crippen LogP contribution is -2.28. The third-order valence-electron chi connectivity index (χ3n) is 1.83. The van der Waals surface area contributed by atoms with Crippen molar-refractivity contribution in [2.24, 2.45) is 0 Å². The maximum Gasteiger partial charge on any atom is 0.254 e. The molecule has 0 spiro atoms. The molecule has 0 aliphatic carbocycles. The number of nitrogens with zero attached hydrogens (tertiary/aromatic N) is 1. The maximum atomic E-state index is 11.6. The van der Waals surface area contributed by atoms with Crippen LogP contribution >= 0.6 is 11.3 Å². The minimum Gasteiger partial charge on any atom is -0.379 e. The molecule has 0 aliphatic rings. The molecule has 1 rings (SSSR count). The Bertz CT molecular complexity index is 303. The number of amides is 1. The molecule has 0 radical (unpaired) electrons. The Morgan fingerprint density at radius 1 is 1.62 bits per heavy atom. The summed E-state index contributed by atoms with van der Waals surface area (Å²) in [7, 11) is 0. The number of thiazole rings is 1. The SMILES string of the molecule is CCOCCOC(C)C(=O)Nc1nccs1. The number of carbonyl (C=O) groups is 1. The highest BCUT2D eigenvalue weighted by Crippen LogP contribution is 2.10. The van der Waals surface area contributed by atoms with Crippen LogP contribution in [0.25, 0.3) is 0 Å². The molecule has 1 atom stereocenters. The molecule has 0 saturated carbocycles. The molecule has 0 aromatic carbocycles. The van der Waals surface area contributed by atoms with Gasteiger partial charge in [0.05, 0.1) is 13.2 Å². The van der Waals surface area contributed by atoms with Crippen LogP contribution in [0.4, 0.5) is 5.13 Å². The molecular weight excluding hydrogens is 228 g/mol. The maximum absolute atomic E-state index is 11.6. The number of aromatic nitrogens is 1. The Kier molecular flexibility index (Phi) is 5.99. The van der Waals surface area contributed by atoms with Gasteiger partial charge in [0.25, 0.3) is 5.91 Å². The summed E-state index contributed by atoms with van der Waals surface area (Å²) in [4.78, 5) is 15.5. The average Bonchev–Trinajstić information content (AvgIpc) is 2.76. The number of nitrogens with one attached hydrogen (secondary N) is 1. The van der Waals surface area contributed by atoms with E-state index in [9.17, 15) is 4.79 Å². The molecule has 1 heterocycles. The van der Waals surface area contributed by atoms with Crippen LogP contribution < -0.4 is 5.32 Å². The van der Waals surface area contributed by atoms with Crippen LogP contribution in [0.2, 0.25) is 0 Å². The molecule has 1 aromatic heterocycles. The third kappa shape index (κ3) is 4.69. The molecule has 1 aromatic rings. The minimum atomic E-state index is -0.496. The molecule has 1 amide bonds. The second-order valence-electron chi connectivity index (χ2n) is 3.04. The molecule has 6 heteroatoms. The van der Waals surface area contributed by atoms with E-state index in [2.05, 4.69) is 10.3 Å². The van der Waals surface area contributed by atoms with Gasteiger partial charge in [0, 0.05) is 18.2 Å². The third-order valence-corrected chi connectivity index (χ3v) is 2.52. The Morgan fingerprint density at radius 2 is 2.44 bits per heavy atom. The molecule has 0 aliphatic heterocycles. The van der Waals surface area contributed by atoms with Crippen molar-refractivity contribution in [1.29, 1.82) is 0 Å². The fourth-order valence-electron chi connectivity index (χ4n) is 0.996. The zero-order valence-corrected chi connectivity index (χ0v) is 10.3. The molecule has 0 fully saturated rings. The van der Waals surface area contributed by atoms with Crippen LogP contribution in [0.1, 0.15) is 13.8 Å². The largest absolute Gasteiger partial charge is 0.379 e. The van der Waals surface area contributed by atoms with Gasteiger partial charge in [-0.3, -0.25) is 10.1 Å². The Labute approximate surface area is 98.8 Å². The molecule has 1 unspecified atom stereocenters. The van der Waals surface area contributed by atoms with Crippen molar-refractivity contribution in [3.8, 4) is 0 Å². The molecule has 16 heavy (non-hydrogen) atoms. The van der Waals surface area contributed by atoms with Gasteiger partial charge in [-0.25, -0.2) is 4.98 Å². The second-order valence-corrected chi connectivity index (χ2v) is 3.93. The summed E-state index contributed by atoms with van der Waals surface area (Å²) in [5.74, 6) is -0.188. The lowest BCUT2D eigenvalue weighted by molar-refractivity contribution is -0.127. The van der Waals surface area contributed by atoms with Gasteiger partial charge in [0.1, 0.15) is 6.10 Å². The summed E-state index contributed by atoms with van der Waals surface area (Å²) < 4.78 is 10.4. The fraction of sp³-hybridized carbons (Fsp3) is 0.600. The lowest BCUT2D eigenvalue weighted by Gasteiger charge is -2.11. The van der Waals surface area contributed by atoms with E-state index in [4.69, 9.17) is 9.47 Å². The van der Waals surface area contributed by atoms with Crippen molar-refractivity contribution in [2.45, 2.75) is 20.0 Å². The van der Waals surface area contributed by atoms with Gasteiger partial charge in [0.2, 0.25) is 0 Å². The summed E-state index contributed by atoms with van der Waals surface area (Å²) in [6, 6.07) is 0. The molecule has 90 valence electrons. The van der Waals surface area contributed by atoms with E-state index in [1.165, 1.54) is 11.3 Å². The van der Waals surface area contributed by atoms with Crippen LogP contribution in [0, 0.1) is 0 Å². The zero-order valence-electron chi connectivity index (χ0n) is 9.43. The van der Waals surface area contributed by atoms with Crippen molar-refractivity contribution in [3.05, 3.63) is 11.6 Å². The van der Waals surface area contributed by atoms with E-state index in [0.717, 1.165) is 0 Å². The van der Waals surface area contributed by atoms with Crippen LogP contribution in [-0.4, -0.2) is 36.8 Å². The van der Waals surface area contributed by atoms with E-state index in [1.54, 1.807) is 18.5 Å². The van der Waals surface area contributed by atoms with Gasteiger partial charge in [-0.05, 0) is 13.8 Å². The number of hydrogen-bond donors (Lipinski definition) is 1. The first-order valence-electron chi connectivity index (χ1n) is 5.13. The molecule has 1 N–H and O–H groups in total. The van der Waals surface area contributed by atoms with E-state index in [0.29, 0.717) is 25.0 Å². The second kappa shape index (κ2) is 7.32. The van der Waals surface area contributed by atoms with Crippen LogP contribution in [0.5, 0.6) is 0 Å². The Balaban J connectivity index is 2.20. The highest BCUT2D eigenvalue weighted by atomic mass is 32.1. The van der Waals surface area contributed by atoms with Gasteiger partial charge in [-0.1, -0.05) is 0 Å². The summed E-state index contributed by atoms with van der Waals surface area (Å²) in [6.07, 6.45) is 1.14. The average molecular weight is 244 g/mol. The summed E-state index contributed by atoms with van der Waals surface area (Å²) in [5, 5.41) is 5.06. The van der Waals surface area contributed by atoms with Crippen LogP contribution in [0.15, 0.2) is 11.6 Å².